The highest BCUT2D eigenvalue weighted by Gasteiger charge is 2.26. The van der Waals surface area contributed by atoms with Crippen molar-refractivity contribution in [3.05, 3.63) is 62.3 Å². The topological polar surface area (TPSA) is 66.4 Å². The van der Waals surface area contributed by atoms with Crippen LogP contribution in [0.25, 0.3) is 0 Å². The summed E-state index contributed by atoms with van der Waals surface area (Å²) >= 11 is 9.59. The predicted octanol–water partition coefficient (Wildman–Crippen LogP) is 5.86. The molecular formula is C18H16BrClFNO3. The van der Waals surface area contributed by atoms with Gasteiger partial charge < -0.3 is 5.11 Å². The summed E-state index contributed by atoms with van der Waals surface area (Å²) in [6, 6.07) is 7.00. The third-order valence-corrected chi connectivity index (χ3v) is 4.60. The Kier molecular flexibility index (Phi) is 5.54. The maximum atomic E-state index is 14.2. The highest BCUT2D eigenvalue weighted by atomic mass is 79.9. The number of amides is 1. The molecule has 0 aliphatic rings. The number of benzene rings is 2. The Labute approximate surface area is 158 Å². The summed E-state index contributed by atoms with van der Waals surface area (Å²) < 4.78 is 14.6. The van der Waals surface area contributed by atoms with Crippen LogP contribution in [-0.2, 0) is 5.41 Å². The van der Waals surface area contributed by atoms with Crippen molar-refractivity contribution in [3.63, 3.8) is 0 Å². The van der Waals surface area contributed by atoms with Crippen molar-refractivity contribution in [2.45, 2.75) is 26.2 Å². The number of carbonyl (C=O) groups is 2. The van der Waals surface area contributed by atoms with Gasteiger partial charge in [0.1, 0.15) is 5.82 Å². The van der Waals surface area contributed by atoms with Crippen molar-refractivity contribution in [2.75, 3.05) is 5.32 Å². The molecule has 0 atom stereocenters. The highest BCUT2D eigenvalue weighted by Crippen LogP contribution is 2.36. The largest absolute Gasteiger partial charge is 0.465 e. The van der Waals surface area contributed by atoms with E-state index >= 15 is 0 Å². The number of hydrogen-bond donors (Lipinski definition) is 2. The number of hydrogen-bond acceptors (Lipinski definition) is 2. The van der Waals surface area contributed by atoms with E-state index in [-0.39, 0.29) is 21.9 Å². The van der Waals surface area contributed by atoms with E-state index in [2.05, 4.69) is 21.2 Å². The fourth-order valence-corrected chi connectivity index (χ4v) is 3.54. The van der Waals surface area contributed by atoms with Gasteiger partial charge in [0.15, 0.2) is 5.78 Å². The number of carbonyl (C=O) groups excluding carboxylic acids is 1. The second kappa shape index (κ2) is 7.14. The summed E-state index contributed by atoms with van der Waals surface area (Å²) in [5.74, 6) is -0.849. The Bertz CT molecular complexity index is 862. The average Bonchev–Trinajstić information content (AvgIpc) is 2.44. The van der Waals surface area contributed by atoms with E-state index in [0.717, 1.165) is 0 Å². The molecule has 2 aromatic carbocycles. The van der Waals surface area contributed by atoms with Crippen LogP contribution in [0.2, 0.25) is 5.02 Å². The second-order valence-corrected chi connectivity index (χ2v) is 7.72. The molecule has 2 N–H and O–H groups in total. The fraction of sp³-hybridized carbons (Fsp3) is 0.222. The number of halogens is 3. The summed E-state index contributed by atoms with van der Waals surface area (Å²) in [7, 11) is 0. The van der Waals surface area contributed by atoms with Gasteiger partial charge in [0.25, 0.3) is 0 Å². The van der Waals surface area contributed by atoms with Crippen molar-refractivity contribution in [1.29, 1.82) is 0 Å². The van der Waals surface area contributed by atoms with Gasteiger partial charge in [-0.3, -0.25) is 10.1 Å². The van der Waals surface area contributed by atoms with Crippen LogP contribution >= 0.6 is 27.5 Å². The Morgan fingerprint density at radius 3 is 2.28 bits per heavy atom. The van der Waals surface area contributed by atoms with Crippen LogP contribution in [0.4, 0.5) is 14.9 Å². The second-order valence-electron chi connectivity index (χ2n) is 6.49. The Morgan fingerprint density at radius 1 is 1.16 bits per heavy atom. The van der Waals surface area contributed by atoms with Gasteiger partial charge in [-0.05, 0) is 51.7 Å². The van der Waals surface area contributed by atoms with E-state index in [9.17, 15) is 14.0 Å². The van der Waals surface area contributed by atoms with Gasteiger partial charge in [0.2, 0.25) is 0 Å². The minimum Gasteiger partial charge on any atom is -0.465 e. The molecule has 4 nitrogen and oxygen atoms in total. The van der Waals surface area contributed by atoms with E-state index in [4.69, 9.17) is 16.7 Å². The third-order valence-electron chi connectivity index (χ3n) is 3.55. The zero-order valence-corrected chi connectivity index (χ0v) is 16.1. The molecule has 0 fully saturated rings. The number of nitrogens with one attached hydrogen (secondary N) is 1. The van der Waals surface area contributed by atoms with E-state index in [1.165, 1.54) is 30.3 Å². The average molecular weight is 429 g/mol. The lowest BCUT2D eigenvalue weighted by Gasteiger charge is -2.22. The molecule has 0 heterocycles. The van der Waals surface area contributed by atoms with E-state index in [1.54, 1.807) is 0 Å². The summed E-state index contributed by atoms with van der Waals surface area (Å²) in [5, 5.41) is 11.0. The quantitative estimate of drug-likeness (QED) is 0.602. The molecule has 1 amide bonds. The van der Waals surface area contributed by atoms with Crippen LogP contribution in [0.5, 0.6) is 0 Å². The van der Waals surface area contributed by atoms with Crippen LogP contribution in [0.15, 0.2) is 34.8 Å². The molecule has 0 spiro atoms. The fourth-order valence-electron chi connectivity index (χ4n) is 2.46. The maximum absolute atomic E-state index is 14.2. The summed E-state index contributed by atoms with van der Waals surface area (Å²) in [5.41, 5.74) is 0.512. The van der Waals surface area contributed by atoms with Crippen LogP contribution in [0.1, 0.15) is 42.3 Å². The van der Waals surface area contributed by atoms with E-state index < -0.39 is 17.3 Å². The van der Waals surface area contributed by atoms with Gasteiger partial charge in [-0.15, -0.1) is 0 Å². The molecule has 0 unspecified atom stereocenters. The van der Waals surface area contributed by atoms with Crippen molar-refractivity contribution in [3.8, 4) is 0 Å². The summed E-state index contributed by atoms with van der Waals surface area (Å²) in [6.07, 6.45) is -1.21. The van der Waals surface area contributed by atoms with Gasteiger partial charge >= 0.3 is 6.09 Å². The zero-order chi connectivity index (χ0) is 18.9. The van der Waals surface area contributed by atoms with Crippen molar-refractivity contribution >= 4 is 45.1 Å². The van der Waals surface area contributed by atoms with Gasteiger partial charge in [-0.25, -0.2) is 9.18 Å². The predicted molar refractivity (Wildman–Crippen MR) is 99.3 cm³/mol. The molecule has 132 valence electrons. The van der Waals surface area contributed by atoms with Crippen molar-refractivity contribution in [2.24, 2.45) is 0 Å². The first-order valence-corrected chi connectivity index (χ1v) is 8.52. The summed E-state index contributed by atoms with van der Waals surface area (Å²) in [4.78, 5) is 23.5. The molecule has 0 bridgehead atoms. The van der Waals surface area contributed by atoms with Crippen LogP contribution in [0.3, 0.4) is 0 Å². The molecule has 0 aliphatic carbocycles. The van der Waals surface area contributed by atoms with Crippen LogP contribution in [-0.4, -0.2) is 17.0 Å². The first-order chi connectivity index (χ1) is 11.5. The first kappa shape index (κ1) is 19.4. The number of anilines is 1. The minimum atomic E-state index is -1.21. The Hall–Kier alpha value is -1.92. The van der Waals surface area contributed by atoms with Crippen molar-refractivity contribution in [1.82, 2.24) is 0 Å². The smallest absolute Gasteiger partial charge is 0.409 e. The molecule has 0 radical (unpaired) electrons. The molecule has 0 aromatic heterocycles. The monoisotopic (exact) mass is 427 g/mol. The molecule has 25 heavy (non-hydrogen) atoms. The van der Waals surface area contributed by atoms with Gasteiger partial charge in [-0.2, -0.15) is 0 Å². The molecule has 0 aliphatic heterocycles. The standard InChI is InChI=1S/C18H16BrClFNO3/c1-18(2,3)14-13(21)7-6-11(15(14)20)16(23)10-5-4-9(8-12(10)19)22-17(24)25/h4-8,22H,1-3H3,(H,24,25). The molecular weight excluding hydrogens is 413 g/mol. The lowest BCUT2D eigenvalue weighted by molar-refractivity contribution is 0.103. The van der Waals surface area contributed by atoms with E-state index in [1.807, 2.05) is 20.8 Å². The highest BCUT2D eigenvalue weighted by molar-refractivity contribution is 9.10. The number of ketones is 1. The molecule has 0 saturated carbocycles. The molecule has 2 aromatic rings. The lowest BCUT2D eigenvalue weighted by Crippen LogP contribution is -2.17. The molecule has 0 saturated heterocycles. The Morgan fingerprint density at radius 2 is 1.76 bits per heavy atom. The van der Waals surface area contributed by atoms with Gasteiger partial charge in [-0.1, -0.05) is 32.4 Å². The third kappa shape index (κ3) is 4.19. The van der Waals surface area contributed by atoms with Gasteiger partial charge in [0, 0.05) is 26.9 Å². The maximum Gasteiger partial charge on any atom is 0.409 e. The SMILES string of the molecule is CC(C)(C)c1c(F)ccc(C(=O)c2ccc(NC(=O)O)cc2Br)c1Cl. The zero-order valence-electron chi connectivity index (χ0n) is 13.8. The molecule has 2 rings (SSSR count). The van der Waals surface area contributed by atoms with E-state index in [0.29, 0.717) is 15.7 Å². The normalized spacial score (nSPS) is 11.3. The minimum absolute atomic E-state index is 0.0807. The number of carboxylic acid groups (broad SMARTS) is 1. The summed E-state index contributed by atoms with van der Waals surface area (Å²) in [6.45, 7) is 5.44. The first-order valence-electron chi connectivity index (χ1n) is 7.35. The molecule has 7 heteroatoms. The Balaban J connectivity index is 2.50. The van der Waals surface area contributed by atoms with Crippen LogP contribution in [0, 0.1) is 5.82 Å². The van der Waals surface area contributed by atoms with Crippen molar-refractivity contribution < 1.29 is 19.1 Å². The lowest BCUT2D eigenvalue weighted by atomic mass is 9.84. The van der Waals surface area contributed by atoms with Crippen LogP contribution < -0.4 is 5.32 Å². The van der Waals surface area contributed by atoms with Gasteiger partial charge in [0.05, 0.1) is 5.02 Å². The number of rotatable bonds is 3.